The number of alkyl halides is 2. The number of sulfonamides is 1. The van der Waals surface area contributed by atoms with Crippen molar-refractivity contribution in [1.29, 1.82) is 0 Å². The molecule has 1 atom stereocenters. The molecule has 1 aromatic carbocycles. The molecule has 0 amide bonds. The smallest absolute Gasteiger partial charge is 0.314 e. The molecule has 4 rings (SSSR count). The van der Waals surface area contributed by atoms with Crippen molar-refractivity contribution in [1.82, 2.24) is 24.9 Å². The lowest BCUT2D eigenvalue weighted by atomic mass is 10.1. The molecule has 0 radical (unpaired) electrons. The van der Waals surface area contributed by atoms with E-state index in [9.17, 15) is 21.6 Å². The number of rotatable bonds is 9. The largest absolute Gasteiger partial charge is 0.415 e. The lowest BCUT2D eigenvalue weighted by molar-refractivity contribution is 0.116. The maximum atomic E-state index is 13.3. The Morgan fingerprint density at radius 3 is 2.35 bits per heavy atom. The second-order valence-electron chi connectivity index (χ2n) is 6.88. The van der Waals surface area contributed by atoms with Crippen LogP contribution in [0.1, 0.15) is 36.8 Å². The van der Waals surface area contributed by atoms with Crippen LogP contribution in [0.3, 0.4) is 0 Å². The van der Waals surface area contributed by atoms with Gasteiger partial charge in [0.05, 0.1) is 16.9 Å². The van der Waals surface area contributed by atoms with Crippen LogP contribution >= 0.6 is 0 Å². The summed E-state index contributed by atoms with van der Waals surface area (Å²) in [7, 11) is -3.43. The van der Waals surface area contributed by atoms with E-state index in [1.807, 2.05) is 0 Å². The van der Waals surface area contributed by atoms with Gasteiger partial charge in [-0.15, -0.1) is 10.2 Å². The van der Waals surface area contributed by atoms with Crippen molar-refractivity contribution in [3.05, 3.63) is 53.9 Å². The van der Waals surface area contributed by atoms with Crippen LogP contribution < -0.4 is 10.0 Å². The van der Waals surface area contributed by atoms with Gasteiger partial charge in [-0.2, -0.15) is 8.78 Å². The molecule has 9 nitrogen and oxygen atoms in total. The normalized spacial score (nSPS) is 15.2. The fourth-order valence-electron chi connectivity index (χ4n) is 2.75. The predicted molar refractivity (Wildman–Crippen MR) is 103 cm³/mol. The molecule has 1 fully saturated rings. The maximum Gasteiger partial charge on any atom is 0.314 e. The third-order valence-corrected chi connectivity index (χ3v) is 6.47. The van der Waals surface area contributed by atoms with Crippen molar-refractivity contribution < 1.29 is 26.0 Å². The van der Waals surface area contributed by atoms with Gasteiger partial charge in [-0.3, -0.25) is 0 Å². The minimum atomic E-state index is -3.43. The molecule has 3 aromatic rings. The molecule has 1 aliphatic carbocycles. The molecule has 2 aromatic heterocycles. The maximum absolute atomic E-state index is 13.3. The van der Waals surface area contributed by atoms with E-state index in [1.165, 1.54) is 36.7 Å². The highest BCUT2D eigenvalue weighted by Gasteiger charge is 2.35. The van der Waals surface area contributed by atoms with Gasteiger partial charge >= 0.3 is 6.43 Å². The Balaban J connectivity index is 1.50. The van der Waals surface area contributed by atoms with Gasteiger partial charge < -0.3 is 9.73 Å². The third-order valence-electron chi connectivity index (χ3n) is 4.55. The van der Waals surface area contributed by atoms with Crippen LogP contribution in [0.15, 0.2) is 41.1 Å². The Morgan fingerprint density at radius 2 is 1.77 bits per heavy atom. The molecule has 0 spiro atoms. The van der Waals surface area contributed by atoms with E-state index in [4.69, 9.17) is 4.42 Å². The molecule has 164 valence electrons. The van der Waals surface area contributed by atoms with Gasteiger partial charge in [-0.25, -0.2) is 27.5 Å². The van der Waals surface area contributed by atoms with Crippen molar-refractivity contribution >= 4 is 16.0 Å². The third kappa shape index (κ3) is 5.17. The summed E-state index contributed by atoms with van der Waals surface area (Å²) in [6.45, 7) is -0.00299. The van der Waals surface area contributed by atoms with E-state index in [0.29, 0.717) is 18.4 Å². The highest BCUT2D eigenvalue weighted by Crippen LogP contribution is 2.28. The van der Waals surface area contributed by atoms with Crippen LogP contribution in [0.4, 0.5) is 19.1 Å². The second kappa shape index (κ2) is 8.59. The SMILES string of the molecule is O=S(=O)(NCC(Nc1ncc(-c2nnc(C(F)F)o2)cn1)c1ccc(F)cc1)C1CC1. The Hall–Kier alpha value is -3.06. The van der Waals surface area contributed by atoms with Crippen LogP contribution in [-0.2, 0) is 10.0 Å². The molecule has 1 saturated carbocycles. The van der Waals surface area contributed by atoms with E-state index >= 15 is 0 Å². The molecule has 1 aliphatic rings. The number of halogens is 3. The van der Waals surface area contributed by atoms with Crippen molar-refractivity contribution in [3.63, 3.8) is 0 Å². The average molecular weight is 454 g/mol. The highest BCUT2D eigenvalue weighted by atomic mass is 32.2. The number of aromatic nitrogens is 4. The monoisotopic (exact) mass is 454 g/mol. The summed E-state index contributed by atoms with van der Waals surface area (Å²) in [5.74, 6) is -1.26. The topological polar surface area (TPSA) is 123 Å². The molecule has 0 bridgehead atoms. The Kier molecular flexibility index (Phi) is 5.87. The van der Waals surface area contributed by atoms with Gasteiger partial charge in [0.25, 0.3) is 11.8 Å². The van der Waals surface area contributed by atoms with Gasteiger partial charge in [0.1, 0.15) is 5.82 Å². The molecule has 0 saturated heterocycles. The molecular formula is C18H17F3N6O3S. The summed E-state index contributed by atoms with van der Waals surface area (Å²) in [6.07, 6.45) is 0.955. The lowest BCUT2D eigenvalue weighted by Gasteiger charge is -2.20. The highest BCUT2D eigenvalue weighted by molar-refractivity contribution is 7.90. The molecule has 0 aliphatic heterocycles. The summed E-state index contributed by atoms with van der Waals surface area (Å²) in [5.41, 5.74) is 0.851. The first-order chi connectivity index (χ1) is 14.8. The first-order valence-electron chi connectivity index (χ1n) is 9.26. The fourth-order valence-corrected chi connectivity index (χ4v) is 4.14. The van der Waals surface area contributed by atoms with Crippen molar-refractivity contribution in [2.24, 2.45) is 0 Å². The van der Waals surface area contributed by atoms with Crippen molar-refractivity contribution in [3.8, 4) is 11.5 Å². The number of benzene rings is 1. The Bertz CT molecular complexity index is 1140. The number of hydrogen-bond donors (Lipinski definition) is 2. The number of hydrogen-bond acceptors (Lipinski definition) is 8. The van der Waals surface area contributed by atoms with Crippen LogP contribution in [0.2, 0.25) is 0 Å². The van der Waals surface area contributed by atoms with Crippen molar-refractivity contribution in [2.75, 3.05) is 11.9 Å². The van der Waals surface area contributed by atoms with Crippen LogP contribution in [-0.4, -0.2) is 40.4 Å². The van der Waals surface area contributed by atoms with Crippen molar-refractivity contribution in [2.45, 2.75) is 30.6 Å². The quantitative estimate of drug-likeness (QED) is 0.506. The zero-order valence-electron chi connectivity index (χ0n) is 15.9. The molecule has 31 heavy (non-hydrogen) atoms. The first kappa shape index (κ1) is 21.2. The molecule has 1 unspecified atom stereocenters. The Morgan fingerprint density at radius 1 is 1.10 bits per heavy atom. The zero-order valence-corrected chi connectivity index (χ0v) is 16.7. The zero-order chi connectivity index (χ0) is 22.0. The van der Waals surface area contributed by atoms with Gasteiger partial charge in [-0.05, 0) is 30.5 Å². The van der Waals surface area contributed by atoms with Gasteiger partial charge in [0, 0.05) is 18.9 Å². The lowest BCUT2D eigenvalue weighted by Crippen LogP contribution is -2.34. The summed E-state index contributed by atoms with van der Waals surface area (Å²) >= 11 is 0. The second-order valence-corrected chi connectivity index (χ2v) is 8.93. The summed E-state index contributed by atoms with van der Waals surface area (Å²) in [5, 5.41) is 9.37. The standard InChI is InChI=1S/C18H17F3N6O3S/c19-12-3-1-10(2-4-12)14(9-24-31(28,29)13-5-6-13)25-18-22-7-11(8-23-18)16-26-27-17(30-16)15(20)21/h1-4,7-8,13-15,24H,5-6,9H2,(H,22,23,25). The number of nitrogens with one attached hydrogen (secondary N) is 2. The fraction of sp³-hybridized carbons (Fsp3) is 0.333. The minimum Gasteiger partial charge on any atom is -0.415 e. The van der Waals surface area contributed by atoms with Gasteiger partial charge in [0.15, 0.2) is 0 Å². The van der Waals surface area contributed by atoms with E-state index in [2.05, 4.69) is 30.2 Å². The average Bonchev–Trinajstić information content (AvgIpc) is 3.50. The first-order valence-corrected chi connectivity index (χ1v) is 10.8. The van der Waals surface area contributed by atoms with Crippen LogP contribution in [0, 0.1) is 5.82 Å². The minimum absolute atomic E-state index is 0.00299. The van der Waals surface area contributed by atoms with E-state index in [0.717, 1.165) is 0 Å². The summed E-state index contributed by atoms with van der Waals surface area (Å²) in [6, 6.07) is 4.99. The number of anilines is 1. The molecule has 2 heterocycles. The molecular weight excluding hydrogens is 437 g/mol. The van der Waals surface area contributed by atoms with E-state index in [1.54, 1.807) is 0 Å². The molecule has 2 N–H and O–H groups in total. The number of nitrogens with zero attached hydrogens (tertiary/aromatic N) is 4. The van der Waals surface area contributed by atoms with E-state index in [-0.39, 0.29) is 29.2 Å². The van der Waals surface area contributed by atoms with Crippen LogP contribution in [0.5, 0.6) is 0 Å². The summed E-state index contributed by atoms with van der Waals surface area (Å²) < 4.78 is 70.3. The molecule has 13 heteroatoms. The van der Waals surface area contributed by atoms with Gasteiger partial charge in [0.2, 0.25) is 16.0 Å². The summed E-state index contributed by atoms with van der Waals surface area (Å²) in [4.78, 5) is 8.19. The van der Waals surface area contributed by atoms with E-state index < -0.39 is 34.2 Å². The predicted octanol–water partition coefficient (Wildman–Crippen LogP) is 2.84. The van der Waals surface area contributed by atoms with Gasteiger partial charge in [-0.1, -0.05) is 12.1 Å². The Labute approximate surface area is 175 Å². The van der Waals surface area contributed by atoms with Crippen LogP contribution in [0.25, 0.3) is 11.5 Å².